The van der Waals surface area contributed by atoms with E-state index in [0.29, 0.717) is 0 Å². The molecule has 0 aromatic carbocycles. The molecule has 1 aliphatic carbocycles. The maximum absolute atomic E-state index is 11.1. The highest BCUT2D eigenvalue weighted by Gasteiger charge is 2.54. The Labute approximate surface area is 241 Å². The molecule has 0 aromatic rings. The van der Waals surface area contributed by atoms with Gasteiger partial charge in [0.15, 0.2) is 18.9 Å². The Morgan fingerprint density at radius 2 is 0.976 bits per heavy atom. The van der Waals surface area contributed by atoms with Crippen LogP contribution in [-0.4, -0.2) is 172 Å². The summed E-state index contributed by atoms with van der Waals surface area (Å²) in [6, 6.07) is -4.18. The van der Waals surface area contributed by atoms with E-state index < -0.39 is 123 Å². The number of ether oxygens (including phenoxy) is 6. The van der Waals surface area contributed by atoms with Gasteiger partial charge in [-0.3, -0.25) is 0 Å². The van der Waals surface area contributed by atoms with Crippen LogP contribution in [0.3, 0.4) is 0 Å². The maximum Gasteiger partial charge on any atom is 0.187 e. The van der Waals surface area contributed by atoms with Crippen molar-refractivity contribution in [3.05, 3.63) is 0 Å². The Morgan fingerprint density at radius 3 is 1.45 bits per heavy atom. The van der Waals surface area contributed by atoms with Crippen LogP contribution in [0, 0.1) is 0 Å². The Balaban J connectivity index is 1.50. The van der Waals surface area contributed by atoms with E-state index >= 15 is 0 Å². The molecule has 4 fully saturated rings. The van der Waals surface area contributed by atoms with Crippen LogP contribution >= 0.6 is 0 Å². The molecule has 4 aliphatic rings. The van der Waals surface area contributed by atoms with Crippen molar-refractivity contribution in [2.24, 2.45) is 34.4 Å². The van der Waals surface area contributed by atoms with Crippen molar-refractivity contribution in [1.29, 1.82) is 0 Å². The molecule has 3 heterocycles. The molecule has 0 unspecified atom stereocenters. The molecule has 3 aliphatic heterocycles. The Hall–Kier alpha value is -0.760. The fourth-order valence-electron chi connectivity index (χ4n) is 5.74. The van der Waals surface area contributed by atoms with Crippen LogP contribution in [0.5, 0.6) is 0 Å². The van der Waals surface area contributed by atoms with Gasteiger partial charge in [0, 0.05) is 25.2 Å². The summed E-state index contributed by atoms with van der Waals surface area (Å²) >= 11 is 0. The second kappa shape index (κ2) is 14.1. The van der Waals surface area contributed by atoms with E-state index in [2.05, 4.69) is 0 Å². The quantitative estimate of drug-likeness (QED) is 0.115. The zero-order valence-electron chi connectivity index (χ0n) is 22.8. The minimum Gasteiger partial charge on any atom is -0.394 e. The molecule has 19 nitrogen and oxygen atoms in total. The van der Waals surface area contributed by atoms with Crippen LogP contribution < -0.4 is 34.4 Å². The Kier molecular flexibility index (Phi) is 11.5. The Bertz CT molecular complexity index is 868. The highest BCUT2D eigenvalue weighted by atomic mass is 16.8. The molecule has 19 atom stereocenters. The molecule has 246 valence electrons. The van der Waals surface area contributed by atoms with E-state index in [1.165, 1.54) is 0 Å². The van der Waals surface area contributed by atoms with Gasteiger partial charge in [-0.2, -0.15) is 0 Å². The predicted molar refractivity (Wildman–Crippen MR) is 138 cm³/mol. The lowest BCUT2D eigenvalue weighted by Gasteiger charge is -2.47. The second-order valence-corrected chi connectivity index (χ2v) is 11.2. The van der Waals surface area contributed by atoms with Gasteiger partial charge in [0.1, 0.15) is 67.1 Å². The van der Waals surface area contributed by atoms with Gasteiger partial charge < -0.3 is 98.6 Å². The number of aliphatic hydroxyl groups excluding tert-OH is 7. The first-order chi connectivity index (χ1) is 19.8. The van der Waals surface area contributed by atoms with Crippen LogP contribution in [-0.2, 0) is 28.4 Å². The molecule has 1 saturated carbocycles. The van der Waals surface area contributed by atoms with Gasteiger partial charge in [-0.25, -0.2) is 0 Å². The summed E-state index contributed by atoms with van der Waals surface area (Å²) in [6.07, 6.45) is -19.8. The molecule has 42 heavy (non-hydrogen) atoms. The van der Waals surface area contributed by atoms with Gasteiger partial charge in [-0.15, -0.1) is 0 Å². The van der Waals surface area contributed by atoms with Gasteiger partial charge in [-0.05, 0) is 6.42 Å². The predicted octanol–water partition coefficient (Wildman–Crippen LogP) is -8.90. The molecule has 0 bridgehead atoms. The first-order valence-corrected chi connectivity index (χ1v) is 13.9. The molecular weight excluding hydrogens is 568 g/mol. The van der Waals surface area contributed by atoms with E-state index in [-0.39, 0.29) is 19.5 Å². The lowest BCUT2D eigenvalue weighted by atomic mass is 9.84. The van der Waals surface area contributed by atoms with Crippen molar-refractivity contribution >= 4 is 0 Å². The fraction of sp³-hybridized carbons (Fsp3) is 1.00. The lowest BCUT2D eigenvalue weighted by Crippen LogP contribution is -2.68. The molecular formula is C23H46N6O13. The highest BCUT2D eigenvalue weighted by Crippen LogP contribution is 2.34. The molecule has 19 heteroatoms. The number of rotatable bonds is 9. The van der Waals surface area contributed by atoms with E-state index in [1.807, 2.05) is 0 Å². The van der Waals surface area contributed by atoms with Crippen LogP contribution in [0.2, 0.25) is 0 Å². The van der Waals surface area contributed by atoms with E-state index in [4.69, 9.17) is 62.8 Å². The Morgan fingerprint density at radius 1 is 0.524 bits per heavy atom. The smallest absolute Gasteiger partial charge is 0.187 e. The van der Waals surface area contributed by atoms with Crippen molar-refractivity contribution in [2.75, 3.05) is 19.7 Å². The molecule has 0 radical (unpaired) electrons. The van der Waals surface area contributed by atoms with E-state index in [9.17, 15) is 35.7 Å². The number of nitrogens with two attached hydrogens (primary N) is 6. The summed E-state index contributed by atoms with van der Waals surface area (Å²) in [5, 5.41) is 73.0. The lowest BCUT2D eigenvalue weighted by molar-refractivity contribution is -0.306. The average molecular weight is 615 g/mol. The summed E-state index contributed by atoms with van der Waals surface area (Å²) in [5.41, 5.74) is 35.6. The van der Waals surface area contributed by atoms with Crippen molar-refractivity contribution in [3.8, 4) is 0 Å². The fourth-order valence-corrected chi connectivity index (χ4v) is 5.74. The molecule has 3 saturated heterocycles. The molecule has 4 rings (SSSR count). The minimum absolute atomic E-state index is 0.0889. The van der Waals surface area contributed by atoms with Crippen LogP contribution in [0.25, 0.3) is 0 Å². The average Bonchev–Trinajstić information content (AvgIpc) is 3.27. The summed E-state index contributed by atoms with van der Waals surface area (Å²) in [4.78, 5) is 0. The minimum atomic E-state index is -1.60. The molecule has 19 N–H and O–H groups in total. The normalized spacial score (nSPS) is 53.8. The monoisotopic (exact) mass is 614 g/mol. The summed E-state index contributed by atoms with van der Waals surface area (Å²) in [6.45, 7) is -0.967. The molecule has 0 spiro atoms. The van der Waals surface area contributed by atoms with E-state index in [1.54, 1.807) is 0 Å². The van der Waals surface area contributed by atoms with Gasteiger partial charge in [0.05, 0.1) is 24.8 Å². The third-order valence-electron chi connectivity index (χ3n) is 8.37. The number of aliphatic hydroxyl groups is 7. The largest absolute Gasteiger partial charge is 0.394 e. The van der Waals surface area contributed by atoms with E-state index in [0.717, 1.165) is 0 Å². The zero-order chi connectivity index (χ0) is 31.0. The van der Waals surface area contributed by atoms with Crippen LogP contribution in [0.15, 0.2) is 0 Å². The SMILES string of the molecule is NC[C@@H]1O[C@H](O[C@H]2[C@H](O)[C@H](O[C@H]3[C@@H](O)[C@H](N)C[C@H](N)[C@H]3O[C@H]3O[C@H](CN)[C@H](O)[C@H](O)[C@H]3N)O[C@@H]2CO)[C@@H](N)[C@@H](O)[C@@H]1O. The molecule has 0 amide bonds. The topological polar surface area (TPSA) is 353 Å². The van der Waals surface area contributed by atoms with Crippen molar-refractivity contribution < 1.29 is 64.2 Å². The van der Waals surface area contributed by atoms with Gasteiger partial charge >= 0.3 is 0 Å². The first-order valence-electron chi connectivity index (χ1n) is 13.9. The summed E-state index contributed by atoms with van der Waals surface area (Å²) < 4.78 is 34.6. The van der Waals surface area contributed by atoms with Gasteiger partial charge in [0.2, 0.25) is 0 Å². The van der Waals surface area contributed by atoms with Crippen molar-refractivity contribution in [3.63, 3.8) is 0 Å². The highest BCUT2D eigenvalue weighted by molar-refractivity contribution is 5.02. The standard InChI is InChI=1S/C23H46N6O13/c24-2-7-13(32)15(34)10(28)21(37-7)40-18-6(27)1-5(26)12(31)20(18)42-23-17(36)19(9(4-30)39-23)41-22-11(29)16(35)14(33)8(3-25)38-22/h5-23,30-36H,1-4,24-29H2/t5-,6+,7-,8+,9-,10-,11+,12+,13+,14-,15-,16-,17+,18-,19-,20+,21-,22-,23+/m1/s1. The summed E-state index contributed by atoms with van der Waals surface area (Å²) in [7, 11) is 0. The first kappa shape index (κ1) is 34.1. The zero-order valence-corrected chi connectivity index (χ0v) is 22.8. The third kappa shape index (κ3) is 6.60. The van der Waals surface area contributed by atoms with Crippen molar-refractivity contribution in [1.82, 2.24) is 0 Å². The third-order valence-corrected chi connectivity index (χ3v) is 8.37. The van der Waals surface area contributed by atoms with Gasteiger partial charge in [-0.1, -0.05) is 0 Å². The van der Waals surface area contributed by atoms with Crippen LogP contribution in [0.1, 0.15) is 6.42 Å². The summed E-state index contributed by atoms with van der Waals surface area (Å²) in [5.74, 6) is 0. The van der Waals surface area contributed by atoms with Crippen molar-refractivity contribution in [2.45, 2.75) is 123 Å². The van der Waals surface area contributed by atoms with Gasteiger partial charge in [0.25, 0.3) is 0 Å². The maximum atomic E-state index is 11.1. The van der Waals surface area contributed by atoms with Crippen LogP contribution in [0.4, 0.5) is 0 Å². The number of hydrogen-bond donors (Lipinski definition) is 13. The second-order valence-electron chi connectivity index (χ2n) is 11.2. The molecule has 0 aromatic heterocycles. The number of hydrogen-bond acceptors (Lipinski definition) is 19.